The fourth-order valence-corrected chi connectivity index (χ4v) is 1.85. The Morgan fingerprint density at radius 1 is 1.26 bits per heavy atom. The van der Waals surface area contributed by atoms with Crippen LogP contribution in [0.4, 0.5) is 0 Å². The van der Waals surface area contributed by atoms with Crippen LogP contribution in [-0.2, 0) is 13.1 Å². The number of nitrogens with one attached hydrogen (secondary N) is 1. The maximum absolute atomic E-state index is 8.91. The highest BCUT2D eigenvalue weighted by molar-refractivity contribution is 5.45. The summed E-state index contributed by atoms with van der Waals surface area (Å²) in [4.78, 5) is 0. The lowest BCUT2D eigenvalue weighted by Gasteiger charge is -2.07. The predicted molar refractivity (Wildman–Crippen MR) is 71.7 cm³/mol. The summed E-state index contributed by atoms with van der Waals surface area (Å²) in [7, 11) is 1.57. The SMILES string of the molecule is COc1cc(CNCc2ccc(C)o2)ccc1C#N. The average molecular weight is 256 g/mol. The summed E-state index contributed by atoms with van der Waals surface area (Å²) in [5, 5.41) is 12.2. The van der Waals surface area contributed by atoms with Gasteiger partial charge in [-0.2, -0.15) is 5.26 Å². The Balaban J connectivity index is 1.94. The van der Waals surface area contributed by atoms with E-state index < -0.39 is 0 Å². The third kappa shape index (κ3) is 3.36. The topological polar surface area (TPSA) is 58.2 Å². The Labute approximate surface area is 112 Å². The minimum absolute atomic E-state index is 0.549. The minimum atomic E-state index is 0.549. The van der Waals surface area contributed by atoms with Crippen LogP contribution in [0.1, 0.15) is 22.6 Å². The second-order valence-corrected chi connectivity index (χ2v) is 4.26. The van der Waals surface area contributed by atoms with Crippen LogP contribution >= 0.6 is 0 Å². The Morgan fingerprint density at radius 3 is 2.74 bits per heavy atom. The Hall–Kier alpha value is -2.25. The number of hydrogen-bond acceptors (Lipinski definition) is 4. The van der Waals surface area contributed by atoms with Gasteiger partial charge in [-0.05, 0) is 36.8 Å². The van der Waals surface area contributed by atoms with E-state index >= 15 is 0 Å². The predicted octanol–water partition coefficient (Wildman–Crippen LogP) is 2.76. The first-order chi connectivity index (χ1) is 9.22. The van der Waals surface area contributed by atoms with E-state index in [0.717, 1.165) is 17.1 Å². The normalized spacial score (nSPS) is 10.2. The number of hydrogen-bond donors (Lipinski definition) is 1. The third-order valence-corrected chi connectivity index (χ3v) is 2.81. The fourth-order valence-electron chi connectivity index (χ4n) is 1.85. The van der Waals surface area contributed by atoms with Gasteiger partial charge in [0.25, 0.3) is 0 Å². The Bertz CT molecular complexity index is 596. The molecule has 0 spiro atoms. The van der Waals surface area contributed by atoms with Crippen LogP contribution in [0.25, 0.3) is 0 Å². The first-order valence-corrected chi connectivity index (χ1v) is 6.06. The zero-order valence-corrected chi connectivity index (χ0v) is 11.1. The van der Waals surface area contributed by atoms with Gasteiger partial charge >= 0.3 is 0 Å². The van der Waals surface area contributed by atoms with Crippen LogP contribution in [0, 0.1) is 18.3 Å². The molecule has 98 valence electrons. The van der Waals surface area contributed by atoms with Gasteiger partial charge in [-0.3, -0.25) is 0 Å². The van der Waals surface area contributed by atoms with Crippen LogP contribution in [-0.4, -0.2) is 7.11 Å². The van der Waals surface area contributed by atoms with Crippen LogP contribution in [0.15, 0.2) is 34.7 Å². The number of nitrogens with zero attached hydrogens (tertiary/aromatic N) is 1. The molecule has 0 saturated carbocycles. The number of rotatable bonds is 5. The lowest BCUT2D eigenvalue weighted by molar-refractivity contribution is 0.412. The lowest BCUT2D eigenvalue weighted by atomic mass is 10.1. The number of aryl methyl sites for hydroxylation is 1. The number of nitriles is 1. The summed E-state index contributed by atoms with van der Waals surface area (Å²) in [6.45, 7) is 3.30. The third-order valence-electron chi connectivity index (χ3n) is 2.81. The highest BCUT2D eigenvalue weighted by Gasteiger charge is 2.04. The van der Waals surface area contributed by atoms with Gasteiger partial charge in [0.05, 0.1) is 19.2 Å². The van der Waals surface area contributed by atoms with E-state index in [1.807, 2.05) is 31.2 Å². The Kier molecular flexibility index (Phi) is 4.22. The van der Waals surface area contributed by atoms with Crippen molar-refractivity contribution in [3.05, 3.63) is 53.0 Å². The molecule has 0 fully saturated rings. The van der Waals surface area contributed by atoms with Crippen LogP contribution in [0.3, 0.4) is 0 Å². The summed E-state index contributed by atoms with van der Waals surface area (Å²) in [6.07, 6.45) is 0. The van der Waals surface area contributed by atoms with Gasteiger partial charge in [-0.1, -0.05) is 6.07 Å². The van der Waals surface area contributed by atoms with E-state index in [2.05, 4.69) is 11.4 Å². The molecule has 0 bridgehead atoms. The molecule has 0 aliphatic heterocycles. The van der Waals surface area contributed by atoms with Crippen molar-refractivity contribution in [1.29, 1.82) is 5.26 Å². The quantitative estimate of drug-likeness (QED) is 0.893. The molecule has 0 saturated heterocycles. The van der Waals surface area contributed by atoms with Gasteiger partial charge in [0.1, 0.15) is 23.3 Å². The molecule has 0 radical (unpaired) electrons. The zero-order chi connectivity index (χ0) is 13.7. The maximum atomic E-state index is 8.91. The molecule has 0 aliphatic carbocycles. The molecule has 2 rings (SSSR count). The largest absolute Gasteiger partial charge is 0.495 e. The highest BCUT2D eigenvalue weighted by Crippen LogP contribution is 2.19. The zero-order valence-electron chi connectivity index (χ0n) is 11.1. The van der Waals surface area contributed by atoms with Crippen molar-refractivity contribution in [3.8, 4) is 11.8 Å². The Morgan fingerprint density at radius 2 is 2.11 bits per heavy atom. The average Bonchev–Trinajstić information content (AvgIpc) is 2.84. The summed E-state index contributed by atoms with van der Waals surface area (Å²) in [5.74, 6) is 2.44. The molecular formula is C15H16N2O2. The summed E-state index contributed by atoms with van der Waals surface area (Å²) < 4.78 is 10.6. The van der Waals surface area contributed by atoms with Crippen molar-refractivity contribution in [1.82, 2.24) is 5.32 Å². The molecular weight excluding hydrogens is 240 g/mol. The molecule has 0 aliphatic rings. The minimum Gasteiger partial charge on any atom is -0.495 e. The standard InChI is InChI=1S/C15H16N2O2/c1-11-3-6-14(19-11)10-17-9-12-4-5-13(8-16)15(7-12)18-2/h3-7,17H,9-10H2,1-2H3. The van der Waals surface area contributed by atoms with Crippen molar-refractivity contribution in [2.24, 2.45) is 0 Å². The fraction of sp³-hybridized carbons (Fsp3) is 0.267. The highest BCUT2D eigenvalue weighted by atomic mass is 16.5. The van der Waals surface area contributed by atoms with Gasteiger partial charge in [-0.25, -0.2) is 0 Å². The number of benzene rings is 1. The molecule has 1 heterocycles. The van der Waals surface area contributed by atoms with Crippen molar-refractivity contribution in [2.75, 3.05) is 7.11 Å². The van der Waals surface area contributed by atoms with Gasteiger partial charge in [-0.15, -0.1) is 0 Å². The van der Waals surface area contributed by atoms with Crippen LogP contribution < -0.4 is 10.1 Å². The first kappa shape index (κ1) is 13.2. The molecule has 19 heavy (non-hydrogen) atoms. The van der Waals surface area contributed by atoms with Crippen molar-refractivity contribution in [2.45, 2.75) is 20.0 Å². The molecule has 1 aromatic carbocycles. The van der Waals surface area contributed by atoms with E-state index in [0.29, 0.717) is 24.4 Å². The van der Waals surface area contributed by atoms with E-state index in [4.69, 9.17) is 14.4 Å². The van der Waals surface area contributed by atoms with Crippen molar-refractivity contribution in [3.63, 3.8) is 0 Å². The molecule has 0 unspecified atom stereocenters. The van der Waals surface area contributed by atoms with Gasteiger partial charge in [0, 0.05) is 6.54 Å². The van der Waals surface area contributed by atoms with Crippen molar-refractivity contribution < 1.29 is 9.15 Å². The van der Waals surface area contributed by atoms with Gasteiger partial charge < -0.3 is 14.5 Å². The first-order valence-electron chi connectivity index (χ1n) is 6.06. The molecule has 1 N–H and O–H groups in total. The number of methoxy groups -OCH3 is 1. The number of ether oxygens (including phenoxy) is 1. The monoisotopic (exact) mass is 256 g/mol. The van der Waals surface area contributed by atoms with Gasteiger partial charge in [0.2, 0.25) is 0 Å². The second kappa shape index (κ2) is 6.07. The van der Waals surface area contributed by atoms with Gasteiger partial charge in [0.15, 0.2) is 0 Å². The summed E-state index contributed by atoms with van der Waals surface area (Å²) in [6, 6.07) is 11.6. The van der Waals surface area contributed by atoms with E-state index in [9.17, 15) is 0 Å². The van der Waals surface area contributed by atoms with E-state index in [1.54, 1.807) is 13.2 Å². The molecule has 1 aromatic heterocycles. The molecule has 4 nitrogen and oxygen atoms in total. The summed E-state index contributed by atoms with van der Waals surface area (Å²) in [5.41, 5.74) is 1.62. The molecule has 0 amide bonds. The molecule has 0 atom stereocenters. The molecule has 2 aromatic rings. The van der Waals surface area contributed by atoms with E-state index in [-0.39, 0.29) is 0 Å². The second-order valence-electron chi connectivity index (χ2n) is 4.26. The lowest BCUT2D eigenvalue weighted by Crippen LogP contribution is -2.12. The molecule has 4 heteroatoms. The number of furan rings is 1. The summed E-state index contributed by atoms with van der Waals surface area (Å²) >= 11 is 0. The van der Waals surface area contributed by atoms with E-state index in [1.165, 1.54) is 0 Å². The van der Waals surface area contributed by atoms with Crippen LogP contribution in [0.5, 0.6) is 5.75 Å². The maximum Gasteiger partial charge on any atom is 0.136 e. The van der Waals surface area contributed by atoms with Crippen molar-refractivity contribution >= 4 is 0 Å². The smallest absolute Gasteiger partial charge is 0.136 e. The van der Waals surface area contributed by atoms with Crippen LogP contribution in [0.2, 0.25) is 0 Å².